The van der Waals surface area contributed by atoms with Crippen LogP contribution in [0.2, 0.25) is 0 Å². The van der Waals surface area contributed by atoms with Crippen LogP contribution in [-0.4, -0.2) is 73.8 Å². The summed E-state index contributed by atoms with van der Waals surface area (Å²) in [6, 6.07) is 8.74. The van der Waals surface area contributed by atoms with Gasteiger partial charge in [0.1, 0.15) is 5.82 Å². The first-order valence-electron chi connectivity index (χ1n) is 10.9. The average molecular weight is 395 g/mol. The Hall–Kier alpha value is -2.34. The van der Waals surface area contributed by atoms with Gasteiger partial charge in [-0.25, -0.2) is 4.98 Å². The molecule has 2 aromatic rings. The van der Waals surface area contributed by atoms with E-state index in [1.807, 2.05) is 0 Å². The van der Waals surface area contributed by atoms with Crippen molar-refractivity contribution in [3.63, 3.8) is 0 Å². The zero-order valence-corrected chi connectivity index (χ0v) is 18.4. The summed E-state index contributed by atoms with van der Waals surface area (Å²) in [4.78, 5) is 19.5. The quantitative estimate of drug-likeness (QED) is 0.794. The lowest BCUT2D eigenvalue weighted by Gasteiger charge is -2.38. The zero-order chi connectivity index (χ0) is 20.4. The molecule has 0 bridgehead atoms. The van der Waals surface area contributed by atoms with E-state index < -0.39 is 0 Å². The summed E-state index contributed by atoms with van der Waals surface area (Å²) < 4.78 is 0. The van der Waals surface area contributed by atoms with E-state index in [2.05, 4.69) is 71.6 Å². The molecule has 3 heterocycles. The van der Waals surface area contributed by atoms with Crippen LogP contribution < -0.4 is 14.7 Å². The number of benzene rings is 1. The normalized spacial score (nSPS) is 18.4. The van der Waals surface area contributed by atoms with E-state index in [1.165, 1.54) is 16.8 Å². The maximum absolute atomic E-state index is 4.96. The smallest absolute Gasteiger partial charge is 0.227 e. The second-order valence-corrected chi connectivity index (χ2v) is 8.28. The molecule has 0 aliphatic carbocycles. The van der Waals surface area contributed by atoms with Crippen LogP contribution in [0.1, 0.15) is 23.7 Å². The van der Waals surface area contributed by atoms with Crippen LogP contribution in [-0.2, 0) is 0 Å². The minimum Gasteiger partial charge on any atom is -0.368 e. The van der Waals surface area contributed by atoms with Crippen LogP contribution in [0.25, 0.3) is 0 Å². The molecule has 2 fully saturated rings. The number of hydrogen-bond acceptors (Lipinski definition) is 6. The van der Waals surface area contributed by atoms with Crippen LogP contribution in [0.3, 0.4) is 0 Å². The SMILES string of the molecule is CCN1CCN(c2cc(C)nc(N3CCN(c4cccc(C)c4C)CC3)n2)CC1. The molecule has 0 saturated carbocycles. The highest BCUT2D eigenvalue weighted by molar-refractivity contribution is 5.57. The zero-order valence-electron chi connectivity index (χ0n) is 18.4. The average Bonchev–Trinajstić information content (AvgIpc) is 2.75. The summed E-state index contributed by atoms with van der Waals surface area (Å²) >= 11 is 0. The molecule has 0 radical (unpaired) electrons. The van der Waals surface area contributed by atoms with Crippen molar-refractivity contribution < 1.29 is 0 Å². The first-order valence-corrected chi connectivity index (χ1v) is 10.9. The van der Waals surface area contributed by atoms with Crippen LogP contribution >= 0.6 is 0 Å². The number of nitrogens with zero attached hydrogens (tertiary/aromatic N) is 6. The van der Waals surface area contributed by atoms with Gasteiger partial charge in [0.25, 0.3) is 0 Å². The molecular formula is C23H34N6. The first kappa shape index (κ1) is 20.0. The van der Waals surface area contributed by atoms with Gasteiger partial charge < -0.3 is 19.6 Å². The fourth-order valence-corrected chi connectivity index (χ4v) is 4.36. The van der Waals surface area contributed by atoms with E-state index >= 15 is 0 Å². The van der Waals surface area contributed by atoms with E-state index in [9.17, 15) is 0 Å². The highest BCUT2D eigenvalue weighted by Gasteiger charge is 2.23. The Balaban J connectivity index is 1.45. The van der Waals surface area contributed by atoms with E-state index in [0.717, 1.165) is 76.4 Å². The van der Waals surface area contributed by atoms with Gasteiger partial charge >= 0.3 is 0 Å². The van der Waals surface area contributed by atoms with Gasteiger partial charge in [-0.1, -0.05) is 19.1 Å². The van der Waals surface area contributed by atoms with Crippen molar-refractivity contribution in [3.05, 3.63) is 41.1 Å². The molecule has 2 aliphatic heterocycles. The minimum absolute atomic E-state index is 0.888. The van der Waals surface area contributed by atoms with Gasteiger partial charge in [0.05, 0.1) is 0 Å². The Bertz CT molecular complexity index is 835. The Morgan fingerprint density at radius 3 is 2.14 bits per heavy atom. The van der Waals surface area contributed by atoms with Crippen LogP contribution in [0.4, 0.5) is 17.5 Å². The second-order valence-electron chi connectivity index (χ2n) is 8.28. The number of rotatable bonds is 4. The highest BCUT2D eigenvalue weighted by Crippen LogP contribution is 2.25. The van der Waals surface area contributed by atoms with Crippen molar-refractivity contribution >= 4 is 17.5 Å². The van der Waals surface area contributed by atoms with E-state index in [-0.39, 0.29) is 0 Å². The Morgan fingerprint density at radius 2 is 1.45 bits per heavy atom. The Labute approximate surface area is 175 Å². The van der Waals surface area contributed by atoms with Gasteiger partial charge in [-0.3, -0.25) is 0 Å². The van der Waals surface area contributed by atoms with E-state index in [1.54, 1.807) is 0 Å². The molecule has 1 aromatic carbocycles. The minimum atomic E-state index is 0.888. The van der Waals surface area contributed by atoms with Crippen LogP contribution in [0.5, 0.6) is 0 Å². The maximum atomic E-state index is 4.96. The van der Waals surface area contributed by atoms with Crippen molar-refractivity contribution in [2.24, 2.45) is 0 Å². The van der Waals surface area contributed by atoms with Gasteiger partial charge in [-0.05, 0) is 44.5 Å². The fraction of sp³-hybridized carbons (Fsp3) is 0.565. The number of hydrogen-bond donors (Lipinski definition) is 0. The molecule has 0 spiro atoms. The van der Waals surface area contributed by atoms with E-state index in [4.69, 9.17) is 9.97 Å². The number of likely N-dealkylation sites (N-methyl/N-ethyl adjacent to an activating group) is 1. The van der Waals surface area contributed by atoms with Crippen molar-refractivity contribution in [3.8, 4) is 0 Å². The summed E-state index contributed by atoms with van der Waals surface area (Å²) in [7, 11) is 0. The summed E-state index contributed by atoms with van der Waals surface area (Å²) in [6.07, 6.45) is 0. The summed E-state index contributed by atoms with van der Waals surface area (Å²) in [6.45, 7) is 18.1. The summed E-state index contributed by atoms with van der Waals surface area (Å²) in [5.74, 6) is 1.97. The predicted molar refractivity (Wildman–Crippen MR) is 121 cm³/mol. The van der Waals surface area contributed by atoms with Gasteiger partial charge in [0.15, 0.2) is 0 Å². The molecule has 29 heavy (non-hydrogen) atoms. The molecule has 0 amide bonds. The molecule has 0 unspecified atom stereocenters. The van der Waals surface area contributed by atoms with Crippen LogP contribution in [0.15, 0.2) is 24.3 Å². The molecule has 6 nitrogen and oxygen atoms in total. The summed E-state index contributed by atoms with van der Waals surface area (Å²) in [5.41, 5.74) is 5.17. The lowest BCUT2D eigenvalue weighted by molar-refractivity contribution is 0.270. The monoisotopic (exact) mass is 394 g/mol. The molecule has 156 valence electrons. The number of aromatic nitrogens is 2. The molecule has 0 atom stereocenters. The van der Waals surface area contributed by atoms with Gasteiger partial charge in [-0.2, -0.15) is 4.98 Å². The van der Waals surface area contributed by atoms with Gasteiger partial charge in [0, 0.05) is 69.8 Å². The van der Waals surface area contributed by atoms with Crippen LogP contribution in [0, 0.1) is 20.8 Å². The molecule has 0 N–H and O–H groups in total. The number of aryl methyl sites for hydroxylation is 2. The van der Waals surface area contributed by atoms with Crippen molar-refractivity contribution in [2.75, 3.05) is 73.6 Å². The molecule has 6 heteroatoms. The van der Waals surface area contributed by atoms with Crippen molar-refractivity contribution in [1.29, 1.82) is 0 Å². The Kier molecular flexibility index (Phi) is 5.90. The number of anilines is 3. The maximum Gasteiger partial charge on any atom is 0.227 e. The third kappa shape index (κ3) is 4.32. The lowest BCUT2D eigenvalue weighted by Crippen LogP contribution is -2.48. The van der Waals surface area contributed by atoms with Crippen molar-refractivity contribution in [2.45, 2.75) is 27.7 Å². The Morgan fingerprint density at radius 1 is 0.793 bits per heavy atom. The van der Waals surface area contributed by atoms with Crippen molar-refractivity contribution in [1.82, 2.24) is 14.9 Å². The molecule has 4 rings (SSSR count). The highest BCUT2D eigenvalue weighted by atomic mass is 15.3. The van der Waals surface area contributed by atoms with Gasteiger partial charge in [-0.15, -0.1) is 0 Å². The number of piperazine rings is 2. The first-order chi connectivity index (χ1) is 14.0. The van der Waals surface area contributed by atoms with Gasteiger partial charge in [0.2, 0.25) is 5.95 Å². The van der Waals surface area contributed by atoms with E-state index in [0.29, 0.717) is 0 Å². The summed E-state index contributed by atoms with van der Waals surface area (Å²) in [5, 5.41) is 0. The fourth-order valence-electron chi connectivity index (χ4n) is 4.36. The lowest BCUT2D eigenvalue weighted by atomic mass is 10.1. The third-order valence-electron chi connectivity index (χ3n) is 6.45. The molecule has 1 aromatic heterocycles. The molecule has 2 aliphatic rings. The largest absolute Gasteiger partial charge is 0.368 e. The predicted octanol–water partition coefficient (Wildman–Crippen LogP) is 2.87. The standard InChI is InChI=1S/C23H34N6/c1-5-26-9-11-28(12-10-26)22-17-19(3)24-23(25-22)29-15-13-27(14-16-29)21-8-6-7-18(2)20(21)4/h6-8,17H,5,9-16H2,1-4H3. The second kappa shape index (κ2) is 8.57. The molecule has 2 saturated heterocycles. The topological polar surface area (TPSA) is 38.7 Å². The molecular weight excluding hydrogens is 360 g/mol. The third-order valence-corrected chi connectivity index (χ3v) is 6.45.